The molecule has 31 heavy (non-hydrogen) atoms. The second-order valence-corrected chi connectivity index (χ2v) is 8.10. The summed E-state index contributed by atoms with van der Waals surface area (Å²) in [6.45, 7) is -0.216. The molecular formula is C23H17FN2O4S. The van der Waals surface area contributed by atoms with Crippen molar-refractivity contribution in [2.24, 2.45) is 0 Å². The number of thiazole rings is 1. The highest BCUT2D eigenvalue weighted by molar-refractivity contribution is 7.14. The summed E-state index contributed by atoms with van der Waals surface area (Å²) in [5, 5.41) is 5.82. The highest BCUT2D eigenvalue weighted by Crippen LogP contribution is 2.30. The fourth-order valence-electron chi connectivity index (χ4n) is 3.74. The molecule has 0 bridgehead atoms. The third-order valence-corrected chi connectivity index (χ3v) is 5.96. The Morgan fingerprint density at radius 2 is 1.97 bits per heavy atom. The fourth-order valence-corrected chi connectivity index (χ4v) is 4.48. The average Bonchev–Trinajstić information content (AvgIpc) is 3.43. The molecule has 2 heterocycles. The number of nitrogens with zero attached hydrogens (tertiary/aromatic N) is 1. The Morgan fingerprint density at radius 1 is 1.16 bits per heavy atom. The van der Waals surface area contributed by atoms with Gasteiger partial charge in [-0.25, -0.2) is 14.2 Å². The molecule has 0 fully saturated rings. The van der Waals surface area contributed by atoms with Crippen LogP contribution < -0.4 is 15.7 Å². The number of nitrogens with one attached hydrogen (secondary N) is 1. The van der Waals surface area contributed by atoms with E-state index in [4.69, 9.17) is 9.15 Å². The largest absolute Gasteiger partial charge is 0.484 e. The second-order valence-electron chi connectivity index (χ2n) is 7.24. The molecule has 0 radical (unpaired) electrons. The number of benzene rings is 2. The molecule has 8 heteroatoms. The van der Waals surface area contributed by atoms with Crippen LogP contribution in [-0.2, 0) is 17.6 Å². The summed E-state index contributed by atoms with van der Waals surface area (Å²) in [6, 6.07) is 11.3. The van der Waals surface area contributed by atoms with Crippen LogP contribution in [0.4, 0.5) is 9.52 Å². The molecule has 1 aliphatic carbocycles. The van der Waals surface area contributed by atoms with Gasteiger partial charge in [0.05, 0.1) is 5.69 Å². The van der Waals surface area contributed by atoms with Gasteiger partial charge in [0.25, 0.3) is 5.91 Å². The Morgan fingerprint density at radius 3 is 2.81 bits per heavy atom. The maximum absolute atomic E-state index is 13.1. The molecule has 2 aromatic carbocycles. The summed E-state index contributed by atoms with van der Waals surface area (Å²) in [4.78, 5) is 28.7. The number of fused-ring (bicyclic) bond motifs is 3. The van der Waals surface area contributed by atoms with Crippen LogP contribution in [0.5, 0.6) is 5.75 Å². The van der Waals surface area contributed by atoms with Gasteiger partial charge in [0.2, 0.25) is 0 Å². The van der Waals surface area contributed by atoms with Crippen LogP contribution in [0.1, 0.15) is 17.5 Å². The van der Waals surface area contributed by atoms with Gasteiger partial charge in [0.15, 0.2) is 11.7 Å². The van der Waals surface area contributed by atoms with Crippen molar-refractivity contribution in [3.8, 4) is 17.0 Å². The minimum absolute atomic E-state index is 0.216. The first kappa shape index (κ1) is 19.4. The Hall–Kier alpha value is -3.52. The van der Waals surface area contributed by atoms with Gasteiger partial charge in [0, 0.05) is 28.0 Å². The number of rotatable bonds is 5. The van der Waals surface area contributed by atoms with Crippen molar-refractivity contribution in [2.45, 2.75) is 19.3 Å². The third kappa shape index (κ3) is 3.94. The second kappa shape index (κ2) is 7.96. The first-order chi connectivity index (χ1) is 15.1. The standard InChI is InChI=1S/C23H17FN2O4S/c24-14-6-4-13(5-7-14)19-12-31-23(25-19)26-21(27)11-29-15-8-9-17-16-2-1-3-18(16)22(28)30-20(17)10-15/h4-10,12H,1-3,11H2,(H,25,26,27). The maximum Gasteiger partial charge on any atom is 0.339 e. The molecule has 1 aliphatic rings. The maximum atomic E-state index is 13.1. The van der Waals surface area contributed by atoms with E-state index in [1.54, 1.807) is 29.6 Å². The highest BCUT2D eigenvalue weighted by atomic mass is 32.1. The lowest BCUT2D eigenvalue weighted by Crippen LogP contribution is -2.20. The quantitative estimate of drug-likeness (QED) is 0.464. The Bertz CT molecular complexity index is 1340. The van der Waals surface area contributed by atoms with E-state index in [1.165, 1.54) is 23.5 Å². The van der Waals surface area contributed by atoms with Gasteiger partial charge in [-0.3, -0.25) is 10.1 Å². The van der Waals surface area contributed by atoms with E-state index in [2.05, 4.69) is 10.3 Å². The SMILES string of the molecule is O=C(COc1ccc2c3c(c(=O)oc2c1)CCC3)Nc1nc(-c2ccc(F)cc2)cs1. The topological polar surface area (TPSA) is 81.4 Å². The normalized spacial score (nSPS) is 12.7. The molecule has 1 amide bonds. The number of hydrogen-bond acceptors (Lipinski definition) is 6. The summed E-state index contributed by atoms with van der Waals surface area (Å²) in [7, 11) is 0. The number of halogens is 1. The summed E-state index contributed by atoms with van der Waals surface area (Å²) < 4.78 is 24.1. The monoisotopic (exact) mass is 436 g/mol. The van der Waals surface area contributed by atoms with Crippen LogP contribution in [0.2, 0.25) is 0 Å². The van der Waals surface area contributed by atoms with Crippen molar-refractivity contribution in [1.29, 1.82) is 0 Å². The summed E-state index contributed by atoms with van der Waals surface area (Å²) in [5.41, 5.74) is 3.40. The molecule has 5 rings (SSSR count). The Balaban J connectivity index is 1.25. The molecule has 6 nitrogen and oxygen atoms in total. The van der Waals surface area contributed by atoms with Gasteiger partial charge in [-0.1, -0.05) is 0 Å². The smallest absolute Gasteiger partial charge is 0.339 e. The van der Waals surface area contributed by atoms with Gasteiger partial charge in [-0.15, -0.1) is 11.3 Å². The van der Waals surface area contributed by atoms with E-state index in [0.29, 0.717) is 22.2 Å². The first-order valence-electron chi connectivity index (χ1n) is 9.79. The van der Waals surface area contributed by atoms with Gasteiger partial charge in [-0.05, 0) is 61.2 Å². The van der Waals surface area contributed by atoms with Crippen molar-refractivity contribution in [1.82, 2.24) is 4.98 Å². The number of anilines is 1. The third-order valence-electron chi connectivity index (χ3n) is 5.21. The molecule has 0 spiro atoms. The number of carbonyl (C=O) groups excluding carboxylic acids is 1. The first-order valence-corrected chi connectivity index (χ1v) is 10.7. The van der Waals surface area contributed by atoms with Crippen LogP contribution in [0.15, 0.2) is 57.1 Å². The predicted molar refractivity (Wildman–Crippen MR) is 116 cm³/mol. The van der Waals surface area contributed by atoms with Crippen LogP contribution in [-0.4, -0.2) is 17.5 Å². The molecule has 1 N–H and O–H groups in total. The van der Waals surface area contributed by atoms with Crippen molar-refractivity contribution >= 4 is 33.3 Å². The van der Waals surface area contributed by atoms with E-state index < -0.39 is 0 Å². The minimum atomic E-state index is -0.365. The number of ether oxygens (including phenoxy) is 1. The predicted octanol–water partition coefficient (Wildman–Crippen LogP) is 4.56. The van der Waals surface area contributed by atoms with E-state index >= 15 is 0 Å². The highest BCUT2D eigenvalue weighted by Gasteiger charge is 2.19. The van der Waals surface area contributed by atoms with Gasteiger partial charge >= 0.3 is 5.63 Å². The molecule has 0 aliphatic heterocycles. The van der Waals surface area contributed by atoms with Crippen LogP contribution in [0.25, 0.3) is 22.2 Å². The summed E-state index contributed by atoms with van der Waals surface area (Å²) in [5.74, 6) is -0.243. The van der Waals surface area contributed by atoms with Gasteiger partial charge in [0.1, 0.15) is 17.1 Å². The zero-order chi connectivity index (χ0) is 21.4. The van der Waals surface area contributed by atoms with Crippen molar-refractivity contribution in [2.75, 3.05) is 11.9 Å². The molecule has 0 atom stereocenters. The molecule has 2 aromatic heterocycles. The van der Waals surface area contributed by atoms with Crippen LogP contribution >= 0.6 is 11.3 Å². The molecule has 156 valence electrons. The number of aromatic nitrogens is 1. The molecule has 4 aromatic rings. The zero-order valence-corrected chi connectivity index (χ0v) is 17.1. The number of amides is 1. The lowest BCUT2D eigenvalue weighted by atomic mass is 10.1. The lowest BCUT2D eigenvalue weighted by molar-refractivity contribution is -0.118. The number of hydrogen-bond donors (Lipinski definition) is 1. The van der Waals surface area contributed by atoms with Crippen LogP contribution in [0, 0.1) is 5.82 Å². The molecular weight excluding hydrogens is 419 g/mol. The molecule has 0 saturated heterocycles. The van der Waals surface area contributed by atoms with E-state index in [-0.39, 0.29) is 24.0 Å². The summed E-state index contributed by atoms with van der Waals surface area (Å²) in [6.07, 6.45) is 2.58. The van der Waals surface area contributed by atoms with Crippen molar-refractivity contribution < 1.29 is 18.3 Å². The summed E-state index contributed by atoms with van der Waals surface area (Å²) >= 11 is 1.27. The van der Waals surface area contributed by atoms with Gasteiger partial charge in [-0.2, -0.15) is 0 Å². The zero-order valence-electron chi connectivity index (χ0n) is 16.3. The van der Waals surface area contributed by atoms with Crippen LogP contribution in [0.3, 0.4) is 0 Å². The van der Waals surface area contributed by atoms with Crippen molar-refractivity contribution in [3.63, 3.8) is 0 Å². The Labute approximate surface area is 180 Å². The number of carbonyl (C=O) groups is 1. The Kier molecular flexibility index (Phi) is 4.99. The van der Waals surface area contributed by atoms with Crippen molar-refractivity contribution in [3.05, 3.63) is 75.2 Å². The van der Waals surface area contributed by atoms with Gasteiger partial charge < -0.3 is 9.15 Å². The minimum Gasteiger partial charge on any atom is -0.484 e. The number of aryl methyl sites for hydroxylation is 1. The van der Waals surface area contributed by atoms with E-state index in [1.807, 2.05) is 6.07 Å². The van der Waals surface area contributed by atoms with E-state index in [9.17, 15) is 14.0 Å². The van der Waals surface area contributed by atoms with E-state index in [0.717, 1.165) is 41.3 Å². The fraction of sp³-hybridized carbons (Fsp3) is 0.174. The lowest BCUT2D eigenvalue weighted by Gasteiger charge is -2.08. The molecule has 0 saturated carbocycles. The molecule has 0 unspecified atom stereocenters. The average molecular weight is 436 g/mol.